The first-order chi connectivity index (χ1) is 13.5. The number of hydrogen-bond donors (Lipinski definition) is 2. The zero-order valence-electron chi connectivity index (χ0n) is 15.7. The van der Waals surface area contributed by atoms with E-state index in [1.165, 1.54) is 11.7 Å². The number of anilines is 1. The lowest BCUT2D eigenvalue weighted by Gasteiger charge is -2.12. The first kappa shape index (κ1) is 20.2. The lowest BCUT2D eigenvalue weighted by Crippen LogP contribution is -2.25. The quantitative estimate of drug-likeness (QED) is 0.530. The Labute approximate surface area is 165 Å². The number of esters is 1. The molecular weight excluding hydrogens is 384 g/mol. The lowest BCUT2D eigenvalue weighted by molar-refractivity contribution is -0.113. The van der Waals surface area contributed by atoms with E-state index in [0.29, 0.717) is 29.6 Å². The van der Waals surface area contributed by atoms with Crippen LogP contribution in [0.1, 0.15) is 28.8 Å². The van der Waals surface area contributed by atoms with Crippen LogP contribution in [0.5, 0.6) is 0 Å². The van der Waals surface area contributed by atoms with Gasteiger partial charge < -0.3 is 14.8 Å². The van der Waals surface area contributed by atoms with Crippen molar-refractivity contribution in [2.24, 2.45) is 0 Å². The van der Waals surface area contributed by atoms with Crippen molar-refractivity contribution in [2.75, 3.05) is 24.8 Å². The summed E-state index contributed by atoms with van der Waals surface area (Å²) in [6, 6.07) is 4.95. The molecule has 1 atom stereocenters. The van der Waals surface area contributed by atoms with Gasteiger partial charge in [0.1, 0.15) is 0 Å². The maximum Gasteiger partial charge on any atom is 0.344 e. The summed E-state index contributed by atoms with van der Waals surface area (Å²) in [6.07, 6.45) is 1.87. The summed E-state index contributed by atoms with van der Waals surface area (Å²) in [6.45, 7) is 2.95. The molecule has 2 N–H and O–H groups in total. The highest BCUT2D eigenvalue weighted by Gasteiger charge is 2.20. The number of ether oxygens (including phenoxy) is 2. The number of nitrogens with one attached hydrogen (secondary N) is 2. The summed E-state index contributed by atoms with van der Waals surface area (Å²) < 4.78 is 11.8. The predicted octanol–water partition coefficient (Wildman–Crippen LogP) is 1.58. The SMILES string of the molecule is COC(=O)c1ccc(C)c(NC(=O)CSc2n[nH]c(=O)n2C[C@H]2CCCO2)c1. The number of carbonyl (C=O) groups excluding carboxylic acids is 2. The summed E-state index contributed by atoms with van der Waals surface area (Å²) in [4.78, 5) is 36.0. The molecule has 1 aromatic carbocycles. The van der Waals surface area contributed by atoms with E-state index in [9.17, 15) is 14.4 Å². The molecule has 1 amide bonds. The molecule has 3 rings (SSSR count). The third-order valence-electron chi connectivity index (χ3n) is 4.40. The number of aromatic nitrogens is 3. The fourth-order valence-corrected chi connectivity index (χ4v) is 3.64. The molecular formula is C18H22N4O5S. The summed E-state index contributed by atoms with van der Waals surface area (Å²) in [5.74, 6) is -0.675. The maximum atomic E-state index is 12.4. The van der Waals surface area contributed by atoms with Gasteiger partial charge in [-0.1, -0.05) is 17.8 Å². The number of amides is 1. The van der Waals surface area contributed by atoms with Crippen molar-refractivity contribution in [1.82, 2.24) is 14.8 Å². The van der Waals surface area contributed by atoms with Crippen molar-refractivity contribution in [3.63, 3.8) is 0 Å². The van der Waals surface area contributed by atoms with Crippen LogP contribution in [0.4, 0.5) is 5.69 Å². The molecule has 0 aliphatic carbocycles. The predicted molar refractivity (Wildman–Crippen MR) is 104 cm³/mol. The Hall–Kier alpha value is -2.59. The number of nitrogens with zero attached hydrogens (tertiary/aromatic N) is 2. The minimum Gasteiger partial charge on any atom is -0.465 e. The fourth-order valence-electron chi connectivity index (χ4n) is 2.88. The van der Waals surface area contributed by atoms with Crippen LogP contribution < -0.4 is 11.0 Å². The van der Waals surface area contributed by atoms with Gasteiger partial charge in [0.25, 0.3) is 0 Å². The minimum absolute atomic E-state index is 0.00723. The molecule has 10 heteroatoms. The van der Waals surface area contributed by atoms with E-state index in [2.05, 4.69) is 15.5 Å². The maximum absolute atomic E-state index is 12.4. The Morgan fingerprint density at radius 2 is 2.29 bits per heavy atom. The Morgan fingerprint density at radius 3 is 3.00 bits per heavy atom. The van der Waals surface area contributed by atoms with E-state index in [4.69, 9.17) is 9.47 Å². The van der Waals surface area contributed by atoms with E-state index in [-0.39, 0.29) is 23.5 Å². The number of thioether (sulfide) groups is 1. The molecule has 1 fully saturated rings. The van der Waals surface area contributed by atoms with Gasteiger partial charge in [-0.15, -0.1) is 5.10 Å². The van der Waals surface area contributed by atoms with E-state index < -0.39 is 5.97 Å². The molecule has 0 spiro atoms. The topological polar surface area (TPSA) is 115 Å². The highest BCUT2D eigenvalue weighted by atomic mass is 32.2. The van der Waals surface area contributed by atoms with Crippen LogP contribution in [0.15, 0.2) is 28.2 Å². The third-order valence-corrected chi connectivity index (χ3v) is 5.37. The van der Waals surface area contributed by atoms with Gasteiger partial charge in [0.2, 0.25) is 5.91 Å². The highest BCUT2D eigenvalue weighted by Crippen LogP contribution is 2.20. The Bertz CT molecular complexity index is 917. The number of methoxy groups -OCH3 is 1. The second-order valence-corrected chi connectivity index (χ2v) is 7.36. The van der Waals surface area contributed by atoms with E-state index >= 15 is 0 Å². The molecule has 150 valence electrons. The van der Waals surface area contributed by atoms with Crippen molar-refractivity contribution in [3.8, 4) is 0 Å². The normalized spacial score (nSPS) is 16.1. The number of aryl methyl sites for hydroxylation is 1. The molecule has 0 radical (unpaired) electrons. The van der Waals surface area contributed by atoms with Gasteiger partial charge in [-0.25, -0.2) is 14.7 Å². The molecule has 0 unspecified atom stereocenters. The zero-order chi connectivity index (χ0) is 20.1. The fraction of sp³-hybridized carbons (Fsp3) is 0.444. The first-order valence-corrected chi connectivity index (χ1v) is 9.85. The van der Waals surface area contributed by atoms with Crippen LogP contribution in [0.3, 0.4) is 0 Å². The molecule has 28 heavy (non-hydrogen) atoms. The molecule has 1 aliphatic rings. The Balaban J connectivity index is 1.62. The van der Waals surface area contributed by atoms with E-state index in [1.807, 2.05) is 6.92 Å². The molecule has 1 saturated heterocycles. The standard InChI is InChI=1S/C18H22N4O5S/c1-11-5-6-12(16(24)26-2)8-14(11)19-15(23)10-28-18-21-20-17(25)22(18)9-13-4-3-7-27-13/h5-6,8,13H,3-4,7,9-10H2,1-2H3,(H,19,23)(H,20,25)/t13-/m1/s1. The number of rotatable bonds is 7. The van der Waals surface area contributed by atoms with Crippen LogP contribution in [-0.2, 0) is 20.8 Å². The lowest BCUT2D eigenvalue weighted by atomic mass is 10.1. The van der Waals surface area contributed by atoms with Crippen molar-refractivity contribution in [1.29, 1.82) is 0 Å². The Morgan fingerprint density at radius 1 is 1.46 bits per heavy atom. The molecule has 0 bridgehead atoms. The van der Waals surface area contributed by atoms with Gasteiger partial charge in [-0.05, 0) is 37.5 Å². The Kier molecular flexibility index (Phi) is 6.53. The number of carbonyl (C=O) groups is 2. The van der Waals surface area contributed by atoms with Gasteiger partial charge in [-0.3, -0.25) is 9.36 Å². The van der Waals surface area contributed by atoms with Crippen molar-refractivity contribution in [2.45, 2.75) is 37.6 Å². The number of hydrogen-bond acceptors (Lipinski definition) is 7. The third kappa shape index (κ3) is 4.82. The molecule has 1 aliphatic heterocycles. The van der Waals surface area contributed by atoms with Crippen molar-refractivity contribution >= 4 is 29.3 Å². The second-order valence-electron chi connectivity index (χ2n) is 6.42. The van der Waals surface area contributed by atoms with E-state index in [0.717, 1.165) is 30.2 Å². The van der Waals surface area contributed by atoms with Crippen LogP contribution in [0.2, 0.25) is 0 Å². The number of H-pyrrole nitrogens is 1. The van der Waals surface area contributed by atoms with Crippen LogP contribution >= 0.6 is 11.8 Å². The number of aromatic amines is 1. The summed E-state index contributed by atoms with van der Waals surface area (Å²) in [5, 5.41) is 9.63. The van der Waals surface area contributed by atoms with Crippen LogP contribution in [0, 0.1) is 6.92 Å². The van der Waals surface area contributed by atoms with E-state index in [1.54, 1.807) is 18.2 Å². The summed E-state index contributed by atoms with van der Waals surface area (Å²) in [5.41, 5.74) is 1.39. The number of benzene rings is 1. The molecule has 1 aromatic heterocycles. The molecule has 9 nitrogen and oxygen atoms in total. The first-order valence-electron chi connectivity index (χ1n) is 8.86. The zero-order valence-corrected chi connectivity index (χ0v) is 16.5. The van der Waals surface area contributed by atoms with Gasteiger partial charge in [-0.2, -0.15) is 0 Å². The molecule has 2 heterocycles. The van der Waals surface area contributed by atoms with Crippen molar-refractivity contribution < 1.29 is 19.1 Å². The largest absolute Gasteiger partial charge is 0.465 e. The molecule has 0 saturated carbocycles. The molecule has 2 aromatic rings. The average molecular weight is 406 g/mol. The van der Waals surface area contributed by atoms with Crippen molar-refractivity contribution in [3.05, 3.63) is 39.8 Å². The monoisotopic (exact) mass is 406 g/mol. The highest BCUT2D eigenvalue weighted by molar-refractivity contribution is 7.99. The average Bonchev–Trinajstić information content (AvgIpc) is 3.32. The second kappa shape index (κ2) is 9.07. The van der Waals surface area contributed by atoms with Crippen LogP contribution in [-0.4, -0.2) is 52.2 Å². The smallest absolute Gasteiger partial charge is 0.344 e. The minimum atomic E-state index is -0.473. The van der Waals surface area contributed by atoms with Gasteiger partial charge in [0.15, 0.2) is 5.16 Å². The van der Waals surface area contributed by atoms with Gasteiger partial charge in [0, 0.05) is 12.3 Å². The summed E-state index contributed by atoms with van der Waals surface area (Å²) in [7, 11) is 1.30. The summed E-state index contributed by atoms with van der Waals surface area (Å²) >= 11 is 1.16. The van der Waals surface area contributed by atoms with Gasteiger partial charge in [0.05, 0.1) is 31.1 Å². The van der Waals surface area contributed by atoms with Gasteiger partial charge >= 0.3 is 11.7 Å². The van der Waals surface area contributed by atoms with Crippen LogP contribution in [0.25, 0.3) is 0 Å².